The molecule has 8 nitrogen and oxygen atoms in total. The average Bonchev–Trinajstić information content (AvgIpc) is 2.49. The van der Waals surface area contributed by atoms with Gasteiger partial charge in [-0.25, -0.2) is 5.43 Å². The van der Waals surface area contributed by atoms with Crippen molar-refractivity contribution in [2.45, 2.75) is 13.8 Å². The van der Waals surface area contributed by atoms with Gasteiger partial charge in [0.15, 0.2) is 0 Å². The van der Waals surface area contributed by atoms with E-state index >= 15 is 0 Å². The summed E-state index contributed by atoms with van der Waals surface area (Å²) in [7, 11) is 0. The molecule has 110 valence electrons. The second kappa shape index (κ2) is 7.73. The van der Waals surface area contributed by atoms with Gasteiger partial charge < -0.3 is 10.6 Å². The van der Waals surface area contributed by atoms with Gasteiger partial charge >= 0.3 is 0 Å². The van der Waals surface area contributed by atoms with Gasteiger partial charge in [-0.15, -0.1) is 0 Å². The minimum Gasteiger partial charge on any atom is -0.354 e. The highest BCUT2D eigenvalue weighted by molar-refractivity contribution is 5.79. The summed E-state index contributed by atoms with van der Waals surface area (Å²) in [6, 6.07) is 3.75. The van der Waals surface area contributed by atoms with Crippen LogP contribution in [0.2, 0.25) is 0 Å². The molecule has 0 atom stereocenters. The van der Waals surface area contributed by atoms with Crippen molar-refractivity contribution in [2.75, 3.05) is 29.1 Å². The summed E-state index contributed by atoms with van der Waals surface area (Å²) >= 11 is 0. The lowest BCUT2D eigenvalue weighted by Gasteiger charge is -2.07. The Hall–Kier alpha value is -2.77. The topological polar surface area (TPSA) is 100 Å². The number of nitrogens with one attached hydrogen (secondary N) is 3. The van der Waals surface area contributed by atoms with E-state index in [1.54, 1.807) is 18.6 Å². The molecule has 0 unspecified atom stereocenters. The van der Waals surface area contributed by atoms with Crippen LogP contribution in [0.1, 0.15) is 19.4 Å². The minimum absolute atomic E-state index is 0.372. The van der Waals surface area contributed by atoms with Crippen molar-refractivity contribution < 1.29 is 0 Å². The fraction of sp³-hybridized carbons (Fsp3) is 0.308. The first-order chi connectivity index (χ1) is 10.3. The molecule has 0 aliphatic rings. The largest absolute Gasteiger partial charge is 0.354 e. The Labute approximate surface area is 123 Å². The van der Waals surface area contributed by atoms with Crippen LogP contribution >= 0.6 is 0 Å². The fourth-order valence-electron chi connectivity index (χ4n) is 1.52. The van der Waals surface area contributed by atoms with Gasteiger partial charge in [-0.2, -0.15) is 20.1 Å². The highest BCUT2D eigenvalue weighted by Gasteiger charge is 2.04. The Morgan fingerprint density at radius 3 is 2.29 bits per heavy atom. The standard InChI is InChI=1S/C13H18N8/c1-3-15-11-18-12(16-4-2)20-13(19-11)21-17-9-10-6-5-7-14-8-10/h5-9H,3-4H2,1-2H3,(H3,15,16,18,19,20,21)/b17-9+. The third kappa shape index (κ3) is 4.68. The predicted octanol–water partition coefficient (Wildman–Crippen LogP) is 1.58. The molecule has 0 amide bonds. The van der Waals surface area contributed by atoms with Crippen LogP contribution in [0, 0.1) is 0 Å². The van der Waals surface area contributed by atoms with Crippen LogP contribution in [-0.2, 0) is 0 Å². The van der Waals surface area contributed by atoms with Crippen LogP contribution in [-0.4, -0.2) is 39.2 Å². The normalized spacial score (nSPS) is 10.6. The molecule has 2 rings (SSSR count). The lowest BCUT2D eigenvalue weighted by Crippen LogP contribution is -2.10. The maximum Gasteiger partial charge on any atom is 0.250 e. The summed E-state index contributed by atoms with van der Waals surface area (Å²) in [6.45, 7) is 5.41. The molecular formula is C13H18N8. The number of anilines is 3. The van der Waals surface area contributed by atoms with Crippen molar-refractivity contribution in [3.63, 3.8) is 0 Å². The molecule has 8 heteroatoms. The number of rotatable bonds is 7. The molecule has 0 aliphatic carbocycles. The molecule has 21 heavy (non-hydrogen) atoms. The van der Waals surface area contributed by atoms with Crippen molar-refractivity contribution in [3.05, 3.63) is 30.1 Å². The fourth-order valence-corrected chi connectivity index (χ4v) is 1.52. The smallest absolute Gasteiger partial charge is 0.250 e. The van der Waals surface area contributed by atoms with Crippen molar-refractivity contribution in [2.24, 2.45) is 5.10 Å². The molecule has 0 radical (unpaired) electrons. The zero-order valence-corrected chi connectivity index (χ0v) is 12.0. The monoisotopic (exact) mass is 286 g/mol. The van der Waals surface area contributed by atoms with Gasteiger partial charge in [0, 0.05) is 31.0 Å². The zero-order valence-electron chi connectivity index (χ0n) is 12.0. The van der Waals surface area contributed by atoms with Gasteiger partial charge in [-0.1, -0.05) is 6.07 Å². The first-order valence-electron chi connectivity index (χ1n) is 6.74. The Morgan fingerprint density at radius 1 is 1.05 bits per heavy atom. The quantitative estimate of drug-likeness (QED) is 0.524. The minimum atomic E-state index is 0.372. The van der Waals surface area contributed by atoms with Crippen molar-refractivity contribution >= 4 is 24.1 Å². The number of nitrogens with zero attached hydrogens (tertiary/aromatic N) is 5. The molecule has 0 bridgehead atoms. The van der Waals surface area contributed by atoms with E-state index in [0.717, 1.165) is 18.7 Å². The third-order valence-corrected chi connectivity index (χ3v) is 2.37. The molecule has 0 saturated carbocycles. The first-order valence-corrected chi connectivity index (χ1v) is 6.74. The van der Waals surface area contributed by atoms with Gasteiger partial charge in [-0.3, -0.25) is 4.98 Å². The summed E-state index contributed by atoms with van der Waals surface area (Å²) in [5.74, 6) is 1.38. The van der Waals surface area contributed by atoms with E-state index < -0.39 is 0 Å². The maximum atomic E-state index is 4.23. The van der Waals surface area contributed by atoms with Crippen molar-refractivity contribution in [1.29, 1.82) is 0 Å². The van der Waals surface area contributed by atoms with Crippen LogP contribution in [0.5, 0.6) is 0 Å². The molecular weight excluding hydrogens is 268 g/mol. The van der Waals surface area contributed by atoms with Crippen LogP contribution in [0.15, 0.2) is 29.6 Å². The SMILES string of the molecule is CCNc1nc(NCC)nc(N/N=C/c2cccnc2)n1. The van der Waals surface area contributed by atoms with E-state index in [1.807, 2.05) is 26.0 Å². The molecule has 0 spiro atoms. The molecule has 2 aromatic rings. The van der Waals surface area contributed by atoms with E-state index in [2.05, 4.69) is 41.1 Å². The Kier molecular flexibility index (Phi) is 5.39. The number of hydrogen-bond donors (Lipinski definition) is 3. The molecule has 0 saturated heterocycles. The second-order valence-electron chi connectivity index (χ2n) is 4.02. The number of aromatic nitrogens is 4. The number of hydrogen-bond acceptors (Lipinski definition) is 8. The summed E-state index contributed by atoms with van der Waals surface area (Å²) in [6.07, 6.45) is 5.07. The van der Waals surface area contributed by atoms with Gasteiger partial charge in [0.25, 0.3) is 0 Å². The van der Waals surface area contributed by atoms with Crippen molar-refractivity contribution in [3.8, 4) is 0 Å². The van der Waals surface area contributed by atoms with Crippen molar-refractivity contribution in [1.82, 2.24) is 19.9 Å². The highest BCUT2D eigenvalue weighted by Crippen LogP contribution is 2.08. The third-order valence-electron chi connectivity index (χ3n) is 2.37. The van der Waals surface area contributed by atoms with Crippen LogP contribution in [0.3, 0.4) is 0 Å². The Bertz CT molecular complexity index is 560. The number of hydrazone groups is 1. The summed E-state index contributed by atoms with van der Waals surface area (Å²) in [5.41, 5.74) is 3.68. The summed E-state index contributed by atoms with van der Waals surface area (Å²) in [5, 5.41) is 10.2. The maximum absolute atomic E-state index is 4.23. The van der Waals surface area contributed by atoms with Crippen LogP contribution in [0.4, 0.5) is 17.8 Å². The number of pyridine rings is 1. The molecule has 0 fully saturated rings. The van der Waals surface area contributed by atoms with Gasteiger partial charge in [0.05, 0.1) is 6.21 Å². The highest BCUT2D eigenvalue weighted by atomic mass is 15.4. The first kappa shape index (κ1) is 14.6. The molecule has 0 aromatic carbocycles. The van der Waals surface area contributed by atoms with Gasteiger partial charge in [0.2, 0.25) is 17.8 Å². The van der Waals surface area contributed by atoms with E-state index in [-0.39, 0.29) is 0 Å². The predicted molar refractivity (Wildman–Crippen MR) is 83.6 cm³/mol. The van der Waals surface area contributed by atoms with E-state index in [9.17, 15) is 0 Å². The molecule has 2 aromatic heterocycles. The van der Waals surface area contributed by atoms with Gasteiger partial charge in [0.1, 0.15) is 0 Å². The average molecular weight is 286 g/mol. The van der Waals surface area contributed by atoms with Crippen LogP contribution in [0.25, 0.3) is 0 Å². The van der Waals surface area contributed by atoms with E-state index in [0.29, 0.717) is 17.8 Å². The Balaban J connectivity index is 2.09. The summed E-state index contributed by atoms with van der Waals surface area (Å²) < 4.78 is 0. The summed E-state index contributed by atoms with van der Waals surface area (Å²) in [4.78, 5) is 16.7. The lowest BCUT2D eigenvalue weighted by atomic mass is 10.3. The van der Waals surface area contributed by atoms with Crippen LogP contribution < -0.4 is 16.1 Å². The molecule has 3 N–H and O–H groups in total. The second-order valence-corrected chi connectivity index (χ2v) is 4.02. The van der Waals surface area contributed by atoms with E-state index in [4.69, 9.17) is 0 Å². The molecule has 2 heterocycles. The Morgan fingerprint density at radius 2 is 1.71 bits per heavy atom. The zero-order chi connectivity index (χ0) is 14.9. The molecule has 0 aliphatic heterocycles. The van der Waals surface area contributed by atoms with E-state index in [1.165, 1.54) is 0 Å². The van der Waals surface area contributed by atoms with Gasteiger partial charge in [-0.05, 0) is 19.9 Å². The lowest BCUT2D eigenvalue weighted by molar-refractivity contribution is 0.992.